The average Bonchev–Trinajstić information content (AvgIpc) is 2.52. The molecule has 0 saturated heterocycles. The Bertz CT molecular complexity index is 736. The van der Waals surface area contributed by atoms with Crippen LogP contribution in [-0.2, 0) is 0 Å². The predicted octanol–water partition coefficient (Wildman–Crippen LogP) is 3.39. The molecule has 22 heavy (non-hydrogen) atoms. The molecule has 0 aliphatic rings. The molecule has 0 radical (unpaired) electrons. The smallest absolute Gasteiger partial charge is 0.166 e. The van der Waals surface area contributed by atoms with Gasteiger partial charge < -0.3 is 9.47 Å². The highest BCUT2D eigenvalue weighted by Gasteiger charge is 2.02. The van der Waals surface area contributed by atoms with Gasteiger partial charge in [0.1, 0.15) is 0 Å². The predicted molar refractivity (Wildman–Crippen MR) is 79.7 cm³/mol. The Labute approximate surface area is 127 Å². The van der Waals surface area contributed by atoms with Gasteiger partial charge in [0, 0.05) is 11.1 Å². The number of benzene rings is 2. The maximum Gasteiger partial charge on any atom is 0.166 e. The molecule has 2 aromatic rings. The van der Waals surface area contributed by atoms with Gasteiger partial charge in [0.2, 0.25) is 0 Å². The van der Waals surface area contributed by atoms with E-state index in [1.54, 1.807) is 12.1 Å². The number of halogens is 2. The molecule has 0 heterocycles. The Balaban J connectivity index is 2.14. The van der Waals surface area contributed by atoms with Gasteiger partial charge in [0.15, 0.2) is 23.1 Å². The van der Waals surface area contributed by atoms with Gasteiger partial charge >= 0.3 is 0 Å². The quantitative estimate of drug-likeness (QED) is 0.791. The van der Waals surface area contributed by atoms with E-state index in [0.29, 0.717) is 11.1 Å². The lowest BCUT2D eigenvalue weighted by atomic mass is 10.2. The van der Waals surface area contributed by atoms with Crippen molar-refractivity contribution < 1.29 is 18.3 Å². The summed E-state index contributed by atoms with van der Waals surface area (Å²) in [7, 11) is 2.78. The van der Waals surface area contributed by atoms with Crippen molar-refractivity contribution in [1.29, 1.82) is 0 Å². The van der Waals surface area contributed by atoms with Crippen molar-refractivity contribution in [3.05, 3.63) is 59.2 Å². The second-order valence-corrected chi connectivity index (χ2v) is 4.20. The molecule has 2 nitrogen and oxygen atoms in total. The van der Waals surface area contributed by atoms with Gasteiger partial charge in [-0.3, -0.25) is 0 Å². The van der Waals surface area contributed by atoms with Gasteiger partial charge in [-0.25, -0.2) is 8.78 Å². The van der Waals surface area contributed by atoms with E-state index in [2.05, 4.69) is 23.7 Å². The van der Waals surface area contributed by atoms with Crippen molar-refractivity contribution in [2.75, 3.05) is 14.2 Å². The van der Waals surface area contributed by atoms with Crippen molar-refractivity contribution in [3.8, 4) is 35.2 Å². The molecular weight excluding hydrogens is 286 g/mol. The fourth-order valence-corrected chi connectivity index (χ4v) is 1.70. The van der Waals surface area contributed by atoms with Crippen LogP contribution in [0.3, 0.4) is 0 Å². The van der Waals surface area contributed by atoms with Gasteiger partial charge in [-0.05, 0) is 48.2 Å². The van der Waals surface area contributed by atoms with E-state index in [9.17, 15) is 8.78 Å². The minimum absolute atomic E-state index is 0.158. The molecule has 2 rings (SSSR count). The van der Waals surface area contributed by atoms with Crippen molar-refractivity contribution in [3.63, 3.8) is 0 Å². The summed E-state index contributed by atoms with van der Waals surface area (Å²) in [5.74, 6) is 9.94. The summed E-state index contributed by atoms with van der Waals surface area (Å²) in [5, 5.41) is 0. The van der Waals surface area contributed by atoms with Crippen LogP contribution in [0.15, 0.2) is 36.4 Å². The Morgan fingerprint density at radius 1 is 0.727 bits per heavy atom. The lowest BCUT2D eigenvalue weighted by molar-refractivity contribution is 0.386. The number of ether oxygens (including phenoxy) is 2. The second kappa shape index (κ2) is 7.15. The molecule has 110 valence electrons. The fourth-order valence-electron chi connectivity index (χ4n) is 1.70. The van der Waals surface area contributed by atoms with E-state index in [0.717, 1.165) is 0 Å². The van der Waals surface area contributed by atoms with Crippen LogP contribution in [0.2, 0.25) is 0 Å². The highest BCUT2D eigenvalue weighted by Crippen LogP contribution is 2.17. The van der Waals surface area contributed by atoms with Crippen LogP contribution in [-0.4, -0.2) is 14.2 Å². The molecule has 0 fully saturated rings. The number of methoxy groups -OCH3 is 2. The molecule has 0 aliphatic heterocycles. The number of hydrogen-bond acceptors (Lipinski definition) is 2. The highest BCUT2D eigenvalue weighted by molar-refractivity contribution is 5.46. The standard InChI is InChI=1S/C18H12F2O2/c1-21-17-9-7-13(11-15(17)19)5-3-4-6-14-8-10-18(22-2)16(20)12-14/h7-12H,1-2H3. The first kappa shape index (κ1) is 15.4. The van der Waals surface area contributed by atoms with Crippen molar-refractivity contribution in [2.24, 2.45) is 0 Å². The van der Waals surface area contributed by atoms with Crippen LogP contribution in [0.1, 0.15) is 11.1 Å². The van der Waals surface area contributed by atoms with Crippen LogP contribution in [0, 0.1) is 35.3 Å². The van der Waals surface area contributed by atoms with Crippen LogP contribution < -0.4 is 9.47 Å². The van der Waals surface area contributed by atoms with Crippen LogP contribution >= 0.6 is 0 Å². The average molecular weight is 298 g/mol. The molecule has 0 amide bonds. The molecule has 0 aromatic heterocycles. The van der Waals surface area contributed by atoms with Crippen molar-refractivity contribution in [1.82, 2.24) is 0 Å². The first-order valence-corrected chi connectivity index (χ1v) is 6.33. The van der Waals surface area contributed by atoms with Crippen LogP contribution in [0.25, 0.3) is 0 Å². The molecule has 0 saturated carbocycles. The first-order valence-electron chi connectivity index (χ1n) is 6.33. The van der Waals surface area contributed by atoms with E-state index in [1.165, 1.54) is 38.5 Å². The molecule has 0 N–H and O–H groups in total. The fraction of sp³-hybridized carbons (Fsp3) is 0.111. The summed E-state index contributed by atoms with van der Waals surface area (Å²) in [6.07, 6.45) is 0. The van der Waals surface area contributed by atoms with Gasteiger partial charge in [-0.1, -0.05) is 11.8 Å². The van der Waals surface area contributed by atoms with Crippen LogP contribution in [0.5, 0.6) is 11.5 Å². The SMILES string of the molecule is COc1ccc(C#CC#Cc2ccc(OC)c(F)c2)cc1F. The first-order chi connectivity index (χ1) is 10.6. The zero-order valence-corrected chi connectivity index (χ0v) is 12.0. The Kier molecular flexibility index (Phi) is 5.01. The van der Waals surface area contributed by atoms with E-state index < -0.39 is 11.6 Å². The molecule has 0 unspecified atom stereocenters. The minimum atomic E-state index is -0.487. The number of rotatable bonds is 2. The second-order valence-electron chi connectivity index (χ2n) is 4.20. The molecular formula is C18H12F2O2. The Morgan fingerprint density at radius 3 is 1.45 bits per heavy atom. The van der Waals surface area contributed by atoms with E-state index >= 15 is 0 Å². The summed E-state index contributed by atoms with van der Waals surface area (Å²) in [6, 6.07) is 8.77. The summed E-state index contributed by atoms with van der Waals surface area (Å²) in [4.78, 5) is 0. The highest BCUT2D eigenvalue weighted by atomic mass is 19.1. The van der Waals surface area contributed by atoms with E-state index in [4.69, 9.17) is 9.47 Å². The normalized spacial score (nSPS) is 9.09. The maximum absolute atomic E-state index is 13.5. The molecule has 0 atom stereocenters. The Hall–Kier alpha value is -2.98. The zero-order valence-electron chi connectivity index (χ0n) is 12.0. The molecule has 0 spiro atoms. The summed E-state index contributed by atoms with van der Waals surface area (Å²) in [5.41, 5.74) is 0.960. The maximum atomic E-state index is 13.5. The minimum Gasteiger partial charge on any atom is -0.494 e. The molecule has 4 heteroatoms. The number of hydrogen-bond donors (Lipinski definition) is 0. The monoisotopic (exact) mass is 298 g/mol. The summed E-state index contributed by atoms with van der Waals surface area (Å²) in [6.45, 7) is 0. The molecule has 2 aromatic carbocycles. The van der Waals surface area contributed by atoms with Crippen LogP contribution in [0.4, 0.5) is 8.78 Å². The van der Waals surface area contributed by atoms with Gasteiger partial charge in [-0.2, -0.15) is 0 Å². The van der Waals surface area contributed by atoms with Crippen molar-refractivity contribution >= 4 is 0 Å². The third kappa shape index (κ3) is 3.77. The largest absolute Gasteiger partial charge is 0.494 e. The van der Waals surface area contributed by atoms with Gasteiger partial charge in [0.05, 0.1) is 14.2 Å². The third-order valence-corrected chi connectivity index (χ3v) is 2.78. The Morgan fingerprint density at radius 2 is 1.14 bits per heavy atom. The lowest BCUT2D eigenvalue weighted by Gasteiger charge is -2.00. The topological polar surface area (TPSA) is 18.5 Å². The van der Waals surface area contributed by atoms with Gasteiger partial charge in [0.25, 0.3) is 0 Å². The van der Waals surface area contributed by atoms with Crippen molar-refractivity contribution in [2.45, 2.75) is 0 Å². The summed E-state index contributed by atoms with van der Waals surface area (Å²) < 4.78 is 36.5. The lowest BCUT2D eigenvalue weighted by Crippen LogP contribution is -1.88. The molecule has 0 bridgehead atoms. The zero-order chi connectivity index (χ0) is 15.9. The third-order valence-electron chi connectivity index (χ3n) is 2.78. The van der Waals surface area contributed by atoms with Gasteiger partial charge in [-0.15, -0.1) is 0 Å². The van der Waals surface area contributed by atoms with E-state index in [-0.39, 0.29) is 11.5 Å². The molecule has 0 aliphatic carbocycles. The summed E-state index contributed by atoms with van der Waals surface area (Å²) >= 11 is 0. The van der Waals surface area contributed by atoms with E-state index in [1.807, 2.05) is 0 Å².